The van der Waals surface area contributed by atoms with Crippen LogP contribution in [0.4, 0.5) is 0 Å². The molecule has 0 amide bonds. The third kappa shape index (κ3) is 4.21. The molecule has 8 heteroatoms. The normalized spacial score (nSPS) is 26.6. The largest absolute Gasteiger partial charge is 0.393 e. The van der Waals surface area contributed by atoms with E-state index in [0.717, 1.165) is 51.1 Å². The molecule has 0 radical (unpaired) electrons. The second kappa shape index (κ2) is 8.67. The van der Waals surface area contributed by atoms with Gasteiger partial charge in [-0.2, -0.15) is 0 Å². The van der Waals surface area contributed by atoms with Crippen LogP contribution in [0.5, 0.6) is 0 Å². The number of likely N-dealkylation sites (tertiary alicyclic amines) is 1. The third-order valence-electron chi connectivity index (χ3n) is 6.73. The van der Waals surface area contributed by atoms with Gasteiger partial charge in [-0.05, 0) is 44.7 Å². The number of fused-ring (bicyclic) bond motifs is 2. The Labute approximate surface area is 183 Å². The molecule has 0 aliphatic carbocycles. The number of methoxy groups -OCH3 is 1. The zero-order valence-electron chi connectivity index (χ0n) is 18.6. The van der Waals surface area contributed by atoms with Gasteiger partial charge in [0.25, 0.3) is 0 Å². The van der Waals surface area contributed by atoms with E-state index in [2.05, 4.69) is 35.1 Å². The number of hydrogen-bond donors (Lipinski definition) is 1. The lowest BCUT2D eigenvalue weighted by Gasteiger charge is -2.47. The minimum atomic E-state index is -0.649. The Hall–Kier alpha value is -1.32. The molecule has 3 atom stereocenters. The number of aromatic nitrogens is 3. The monoisotopic (exact) mass is 434 g/mol. The zero-order chi connectivity index (χ0) is 21.4. The Bertz CT molecular complexity index is 862. The van der Waals surface area contributed by atoms with Gasteiger partial charge in [-0.25, -0.2) is 4.68 Å². The smallest absolute Gasteiger partial charge is 0.107 e. The summed E-state index contributed by atoms with van der Waals surface area (Å²) in [4.78, 5) is 5.49. The Morgan fingerprint density at radius 1 is 1.47 bits per heavy atom. The van der Waals surface area contributed by atoms with Crippen LogP contribution in [0, 0.1) is 0 Å². The Kier molecular flexibility index (Phi) is 6.33. The minimum Gasteiger partial charge on any atom is -0.393 e. The van der Waals surface area contributed by atoms with Crippen molar-refractivity contribution in [3.05, 3.63) is 33.3 Å². The number of nitrogens with zero attached hydrogens (tertiary/aromatic N) is 4. The lowest BCUT2D eigenvalue weighted by molar-refractivity contribution is -0.112. The molecule has 0 aromatic carbocycles. The second-order valence-electron chi connectivity index (χ2n) is 8.99. The molecule has 166 valence electrons. The fraction of sp³-hybridized carbons (Fsp3) is 0.727. The van der Waals surface area contributed by atoms with E-state index in [1.807, 2.05) is 24.5 Å². The first-order chi connectivity index (χ1) is 14.4. The predicted molar refractivity (Wildman–Crippen MR) is 117 cm³/mol. The van der Waals surface area contributed by atoms with Gasteiger partial charge in [-0.1, -0.05) is 12.1 Å². The number of piperidine rings is 1. The van der Waals surface area contributed by atoms with E-state index in [9.17, 15) is 5.11 Å². The second-order valence-corrected chi connectivity index (χ2v) is 10.2. The maximum atomic E-state index is 9.55. The molecule has 1 saturated heterocycles. The van der Waals surface area contributed by atoms with Gasteiger partial charge in [-0.15, -0.1) is 16.4 Å². The molecule has 1 N–H and O–H groups in total. The molecule has 4 heterocycles. The number of ether oxygens (including phenoxy) is 2. The predicted octanol–water partition coefficient (Wildman–Crippen LogP) is 2.75. The number of rotatable bonds is 7. The van der Waals surface area contributed by atoms with Crippen molar-refractivity contribution in [1.29, 1.82) is 0 Å². The average Bonchev–Trinajstić information content (AvgIpc) is 3.37. The topological polar surface area (TPSA) is 72.6 Å². The highest BCUT2D eigenvalue weighted by atomic mass is 32.1. The van der Waals surface area contributed by atoms with Gasteiger partial charge >= 0.3 is 0 Å². The molecule has 1 fully saturated rings. The van der Waals surface area contributed by atoms with E-state index in [1.54, 1.807) is 11.8 Å². The zero-order valence-corrected chi connectivity index (χ0v) is 19.4. The highest BCUT2D eigenvalue weighted by Gasteiger charge is 2.44. The molecule has 2 aliphatic rings. The summed E-state index contributed by atoms with van der Waals surface area (Å²) in [5.74, 6) is 0. The van der Waals surface area contributed by atoms with E-state index in [4.69, 9.17) is 9.47 Å². The summed E-state index contributed by atoms with van der Waals surface area (Å²) in [6.07, 6.45) is 6.15. The van der Waals surface area contributed by atoms with Gasteiger partial charge in [-0.3, -0.25) is 4.90 Å². The molecular weight excluding hydrogens is 400 g/mol. The van der Waals surface area contributed by atoms with Crippen molar-refractivity contribution in [3.8, 4) is 0 Å². The molecule has 0 bridgehead atoms. The maximum absolute atomic E-state index is 9.55. The lowest BCUT2D eigenvalue weighted by atomic mass is 9.79. The number of aryl methyl sites for hydroxylation is 1. The van der Waals surface area contributed by atoms with Crippen LogP contribution < -0.4 is 0 Å². The van der Waals surface area contributed by atoms with Crippen molar-refractivity contribution in [2.75, 3.05) is 26.9 Å². The number of hydrogen-bond acceptors (Lipinski definition) is 7. The third-order valence-corrected chi connectivity index (χ3v) is 8.07. The van der Waals surface area contributed by atoms with E-state index in [1.165, 1.54) is 15.3 Å². The Morgan fingerprint density at radius 2 is 2.30 bits per heavy atom. The van der Waals surface area contributed by atoms with Crippen LogP contribution in [0.15, 0.2) is 12.3 Å². The van der Waals surface area contributed by atoms with Crippen molar-refractivity contribution in [3.63, 3.8) is 0 Å². The summed E-state index contributed by atoms with van der Waals surface area (Å²) in [5, 5.41) is 18.1. The van der Waals surface area contributed by atoms with Crippen LogP contribution in [-0.4, -0.2) is 63.5 Å². The van der Waals surface area contributed by atoms with E-state index < -0.39 is 5.60 Å². The summed E-state index contributed by atoms with van der Waals surface area (Å²) in [5.41, 5.74) is 1.63. The summed E-state index contributed by atoms with van der Waals surface area (Å²) in [6, 6.07) is 2.81. The van der Waals surface area contributed by atoms with Crippen LogP contribution in [0.25, 0.3) is 0 Å². The molecule has 30 heavy (non-hydrogen) atoms. The molecule has 2 aliphatic heterocycles. The summed E-state index contributed by atoms with van der Waals surface area (Å²) < 4.78 is 13.6. The standard InChI is InChI=1S/C22H34N4O3S/c1-5-18-10-19-20(30-18)6-9-29-22(19)7-8-25(16(2)11-22)12-17-13-26(24-23-17)14-21(3,15-27)28-4/h10,13,16,27H,5-9,11-12,14-15H2,1-4H3/t16-,21?,22+/m0/s1. The number of aliphatic hydroxyl groups excluding tert-OH is 1. The summed E-state index contributed by atoms with van der Waals surface area (Å²) in [6.45, 7) is 9.40. The Morgan fingerprint density at radius 3 is 3.00 bits per heavy atom. The first-order valence-electron chi connectivity index (χ1n) is 11.0. The van der Waals surface area contributed by atoms with Crippen molar-refractivity contribution < 1.29 is 14.6 Å². The van der Waals surface area contributed by atoms with Crippen molar-refractivity contribution >= 4 is 11.3 Å². The highest BCUT2D eigenvalue weighted by Crippen LogP contribution is 2.46. The van der Waals surface area contributed by atoms with Gasteiger partial charge < -0.3 is 14.6 Å². The molecule has 2 aromatic heterocycles. The van der Waals surface area contributed by atoms with Crippen LogP contribution in [-0.2, 0) is 41.0 Å². The molecular formula is C22H34N4O3S. The van der Waals surface area contributed by atoms with Crippen molar-refractivity contribution in [2.45, 2.75) is 76.8 Å². The molecule has 7 nitrogen and oxygen atoms in total. The van der Waals surface area contributed by atoms with Crippen LogP contribution in [0.2, 0.25) is 0 Å². The van der Waals surface area contributed by atoms with Crippen molar-refractivity contribution in [1.82, 2.24) is 19.9 Å². The van der Waals surface area contributed by atoms with Gasteiger partial charge in [0.2, 0.25) is 0 Å². The van der Waals surface area contributed by atoms with Gasteiger partial charge in [0.1, 0.15) is 5.60 Å². The van der Waals surface area contributed by atoms with Gasteiger partial charge in [0.05, 0.1) is 31.1 Å². The lowest BCUT2D eigenvalue weighted by Crippen LogP contribution is -2.50. The fourth-order valence-corrected chi connectivity index (χ4v) is 5.91. The van der Waals surface area contributed by atoms with Gasteiger partial charge in [0, 0.05) is 48.6 Å². The minimum absolute atomic E-state index is 0.0613. The first kappa shape index (κ1) is 21.9. The number of aliphatic hydroxyl groups is 1. The molecule has 4 rings (SSSR count). The van der Waals surface area contributed by atoms with Crippen LogP contribution >= 0.6 is 11.3 Å². The van der Waals surface area contributed by atoms with Gasteiger partial charge in [0.15, 0.2) is 0 Å². The quantitative estimate of drug-likeness (QED) is 0.722. The average molecular weight is 435 g/mol. The Balaban J connectivity index is 1.42. The van der Waals surface area contributed by atoms with E-state index in [-0.39, 0.29) is 12.2 Å². The maximum Gasteiger partial charge on any atom is 0.107 e. The van der Waals surface area contributed by atoms with Crippen LogP contribution in [0.1, 0.15) is 54.6 Å². The molecule has 1 unspecified atom stereocenters. The fourth-order valence-electron chi connectivity index (χ4n) is 4.73. The molecule has 2 aromatic rings. The SMILES string of the molecule is CCc1cc2c(s1)CCO[C@@]21CCN(Cc2cn(CC(C)(CO)OC)nn2)[C@@H](C)C1. The summed E-state index contributed by atoms with van der Waals surface area (Å²) >= 11 is 1.98. The van der Waals surface area contributed by atoms with E-state index >= 15 is 0 Å². The first-order valence-corrected chi connectivity index (χ1v) is 11.8. The van der Waals surface area contributed by atoms with Crippen LogP contribution in [0.3, 0.4) is 0 Å². The van der Waals surface area contributed by atoms with E-state index in [0.29, 0.717) is 12.6 Å². The molecule has 1 spiro atoms. The van der Waals surface area contributed by atoms with Crippen molar-refractivity contribution in [2.24, 2.45) is 0 Å². The number of thiophene rings is 1. The molecule has 0 saturated carbocycles. The summed E-state index contributed by atoms with van der Waals surface area (Å²) in [7, 11) is 1.61. The highest BCUT2D eigenvalue weighted by molar-refractivity contribution is 7.12.